The highest BCUT2D eigenvalue weighted by molar-refractivity contribution is 14.0. The number of rotatable bonds is 7. The van der Waals surface area contributed by atoms with Crippen molar-refractivity contribution in [3.05, 3.63) is 57.8 Å². The summed E-state index contributed by atoms with van der Waals surface area (Å²) in [6.07, 6.45) is 3.63. The highest BCUT2D eigenvalue weighted by Gasteiger charge is 2.15. The van der Waals surface area contributed by atoms with E-state index in [1.54, 1.807) is 11.3 Å². The topological polar surface area (TPSA) is 53.6 Å². The molecule has 2 heterocycles. The predicted molar refractivity (Wildman–Crippen MR) is 127 cm³/mol. The molecular formula is C21H31IN4S. The zero-order valence-corrected chi connectivity index (χ0v) is 19.2. The van der Waals surface area contributed by atoms with Gasteiger partial charge in [0.2, 0.25) is 0 Å². The molecular weight excluding hydrogens is 467 g/mol. The van der Waals surface area contributed by atoms with Gasteiger partial charge in [0.25, 0.3) is 0 Å². The van der Waals surface area contributed by atoms with Gasteiger partial charge in [0.1, 0.15) is 0 Å². The highest BCUT2D eigenvalue weighted by Crippen LogP contribution is 2.18. The van der Waals surface area contributed by atoms with Crippen LogP contribution in [-0.2, 0) is 19.5 Å². The van der Waals surface area contributed by atoms with E-state index in [1.807, 2.05) is 0 Å². The predicted octanol–water partition coefficient (Wildman–Crippen LogP) is 4.25. The minimum atomic E-state index is 0. The molecule has 1 aromatic heterocycles. The van der Waals surface area contributed by atoms with Crippen molar-refractivity contribution in [2.24, 2.45) is 16.6 Å². The Bertz CT molecular complexity index is 677. The molecule has 27 heavy (non-hydrogen) atoms. The zero-order valence-electron chi connectivity index (χ0n) is 16.1. The molecule has 0 saturated carbocycles. The number of guanidine groups is 1. The smallest absolute Gasteiger partial charge is 0.188 e. The molecule has 0 aliphatic carbocycles. The van der Waals surface area contributed by atoms with Gasteiger partial charge in [0.15, 0.2) is 5.96 Å². The van der Waals surface area contributed by atoms with Crippen molar-refractivity contribution in [1.82, 2.24) is 10.2 Å². The average Bonchev–Trinajstić information content (AvgIpc) is 3.16. The molecule has 3 N–H and O–H groups in total. The van der Waals surface area contributed by atoms with Crippen molar-refractivity contribution in [3.8, 4) is 0 Å². The van der Waals surface area contributed by atoms with Crippen molar-refractivity contribution in [3.63, 3.8) is 0 Å². The van der Waals surface area contributed by atoms with Crippen LogP contribution in [0.2, 0.25) is 0 Å². The standard InChI is InChI=1S/C21H30N4S.HI/c1-17-9-12-25(13-10-17)16-19-6-4-18(5-7-19)15-24-21(22)23-11-8-20-3-2-14-26-20;/h2-7,14,17H,8-13,15-16H2,1H3,(H3,22,23,24);1H. The van der Waals surface area contributed by atoms with Crippen molar-refractivity contribution in [2.45, 2.75) is 39.3 Å². The summed E-state index contributed by atoms with van der Waals surface area (Å²) in [5.41, 5.74) is 8.54. The second-order valence-corrected chi connectivity index (χ2v) is 8.27. The lowest BCUT2D eigenvalue weighted by atomic mass is 9.99. The second kappa shape index (κ2) is 11.7. The van der Waals surface area contributed by atoms with Gasteiger partial charge in [-0.15, -0.1) is 35.3 Å². The SMILES string of the molecule is CC1CCN(Cc2ccc(CN=C(N)NCCc3cccs3)cc2)CC1.I. The van der Waals surface area contributed by atoms with Crippen molar-refractivity contribution in [1.29, 1.82) is 0 Å². The Kier molecular flexibility index (Phi) is 9.58. The fourth-order valence-electron chi connectivity index (χ4n) is 3.23. The maximum Gasteiger partial charge on any atom is 0.188 e. The quantitative estimate of drug-likeness (QED) is 0.341. The van der Waals surface area contributed by atoms with E-state index in [2.05, 4.69) is 63.9 Å². The second-order valence-electron chi connectivity index (χ2n) is 7.23. The first-order chi connectivity index (χ1) is 12.7. The average molecular weight is 498 g/mol. The van der Waals surface area contributed by atoms with Gasteiger partial charge in [0, 0.05) is 18.0 Å². The molecule has 0 unspecified atom stereocenters. The minimum absolute atomic E-state index is 0. The van der Waals surface area contributed by atoms with Crippen LogP contribution in [0.25, 0.3) is 0 Å². The number of benzene rings is 1. The van der Waals surface area contributed by atoms with Crippen LogP contribution in [0.4, 0.5) is 0 Å². The van der Waals surface area contributed by atoms with Crippen molar-refractivity contribution in [2.75, 3.05) is 19.6 Å². The molecule has 0 amide bonds. The van der Waals surface area contributed by atoms with E-state index in [0.29, 0.717) is 12.5 Å². The summed E-state index contributed by atoms with van der Waals surface area (Å²) < 4.78 is 0. The largest absolute Gasteiger partial charge is 0.370 e. The van der Waals surface area contributed by atoms with Gasteiger partial charge in [0.05, 0.1) is 6.54 Å². The van der Waals surface area contributed by atoms with Crippen molar-refractivity contribution < 1.29 is 0 Å². The van der Waals surface area contributed by atoms with Gasteiger partial charge < -0.3 is 11.1 Å². The Balaban J connectivity index is 0.00000261. The molecule has 148 valence electrons. The minimum Gasteiger partial charge on any atom is -0.370 e. The van der Waals surface area contributed by atoms with E-state index in [4.69, 9.17) is 5.73 Å². The number of nitrogens with two attached hydrogens (primary N) is 1. The molecule has 1 aromatic carbocycles. The van der Waals surface area contributed by atoms with E-state index in [-0.39, 0.29) is 24.0 Å². The number of aliphatic imine (C=N–C) groups is 1. The maximum absolute atomic E-state index is 5.96. The first kappa shape index (κ1) is 22.2. The highest BCUT2D eigenvalue weighted by atomic mass is 127. The summed E-state index contributed by atoms with van der Waals surface area (Å²) >= 11 is 1.77. The molecule has 4 nitrogen and oxygen atoms in total. The third-order valence-corrected chi connectivity index (χ3v) is 5.93. The molecule has 0 bridgehead atoms. The van der Waals surface area contributed by atoms with Crippen LogP contribution in [0, 0.1) is 5.92 Å². The number of thiophene rings is 1. The summed E-state index contributed by atoms with van der Waals surface area (Å²) in [5, 5.41) is 5.29. The summed E-state index contributed by atoms with van der Waals surface area (Å²) in [6, 6.07) is 13.0. The number of hydrogen-bond acceptors (Lipinski definition) is 3. The fraction of sp³-hybridized carbons (Fsp3) is 0.476. The van der Waals surface area contributed by atoms with E-state index in [1.165, 1.54) is 41.9 Å². The summed E-state index contributed by atoms with van der Waals surface area (Å²) in [7, 11) is 0. The lowest BCUT2D eigenvalue weighted by molar-refractivity contribution is 0.185. The third-order valence-electron chi connectivity index (χ3n) is 5.00. The summed E-state index contributed by atoms with van der Waals surface area (Å²) in [6.45, 7) is 7.31. The Hall–Kier alpha value is -1.12. The number of halogens is 1. The van der Waals surface area contributed by atoms with Crippen LogP contribution < -0.4 is 11.1 Å². The Labute approximate surface area is 184 Å². The molecule has 1 aliphatic heterocycles. The van der Waals surface area contributed by atoms with Gasteiger partial charge >= 0.3 is 0 Å². The Morgan fingerprint density at radius 2 is 1.89 bits per heavy atom. The van der Waals surface area contributed by atoms with Crippen LogP contribution in [0.3, 0.4) is 0 Å². The summed E-state index contributed by atoms with van der Waals surface area (Å²) in [4.78, 5) is 8.37. The molecule has 0 atom stereocenters. The van der Waals surface area contributed by atoms with Gasteiger partial charge in [-0.25, -0.2) is 4.99 Å². The molecule has 1 aliphatic rings. The van der Waals surface area contributed by atoms with Gasteiger partial charge in [-0.1, -0.05) is 37.3 Å². The first-order valence-electron chi connectivity index (χ1n) is 9.55. The lowest BCUT2D eigenvalue weighted by Crippen LogP contribution is -2.33. The molecule has 1 fully saturated rings. The van der Waals surface area contributed by atoms with Gasteiger partial charge in [-0.05, 0) is 60.8 Å². The van der Waals surface area contributed by atoms with Crippen LogP contribution >= 0.6 is 35.3 Å². The third kappa shape index (κ3) is 7.79. The molecule has 0 radical (unpaired) electrons. The van der Waals surface area contributed by atoms with Crippen LogP contribution in [0.15, 0.2) is 46.8 Å². The normalized spacial score (nSPS) is 16.1. The van der Waals surface area contributed by atoms with E-state index < -0.39 is 0 Å². The fourth-order valence-corrected chi connectivity index (χ4v) is 3.94. The first-order valence-corrected chi connectivity index (χ1v) is 10.4. The maximum atomic E-state index is 5.96. The molecule has 3 rings (SSSR count). The number of nitrogens with one attached hydrogen (secondary N) is 1. The van der Waals surface area contributed by atoms with Gasteiger partial charge in [-0.3, -0.25) is 4.90 Å². The van der Waals surface area contributed by atoms with E-state index in [0.717, 1.165) is 25.4 Å². The molecule has 2 aromatic rings. The van der Waals surface area contributed by atoms with Gasteiger partial charge in [-0.2, -0.15) is 0 Å². The van der Waals surface area contributed by atoms with E-state index in [9.17, 15) is 0 Å². The van der Waals surface area contributed by atoms with Crippen LogP contribution in [0.1, 0.15) is 35.8 Å². The molecule has 0 spiro atoms. The lowest BCUT2D eigenvalue weighted by Gasteiger charge is -2.30. The van der Waals surface area contributed by atoms with Crippen LogP contribution in [-0.4, -0.2) is 30.5 Å². The Morgan fingerprint density at radius 1 is 1.19 bits per heavy atom. The summed E-state index contributed by atoms with van der Waals surface area (Å²) in [5.74, 6) is 1.41. The molecule has 6 heteroatoms. The number of hydrogen-bond donors (Lipinski definition) is 2. The monoisotopic (exact) mass is 498 g/mol. The van der Waals surface area contributed by atoms with Crippen LogP contribution in [0.5, 0.6) is 0 Å². The zero-order chi connectivity index (χ0) is 18.2. The number of piperidine rings is 1. The van der Waals surface area contributed by atoms with E-state index >= 15 is 0 Å². The number of likely N-dealkylation sites (tertiary alicyclic amines) is 1. The number of nitrogens with zero attached hydrogens (tertiary/aromatic N) is 2. The van der Waals surface area contributed by atoms with Crippen molar-refractivity contribution >= 4 is 41.3 Å². The molecule has 1 saturated heterocycles. The Morgan fingerprint density at radius 3 is 2.56 bits per heavy atom.